The Balaban J connectivity index is 2.52. The first-order valence-electron chi connectivity index (χ1n) is 5.13. The van der Waals surface area contributed by atoms with E-state index in [0.717, 1.165) is 17.7 Å². The molecule has 0 atom stereocenters. The van der Waals surface area contributed by atoms with E-state index in [4.69, 9.17) is 4.74 Å². The van der Waals surface area contributed by atoms with Gasteiger partial charge in [-0.25, -0.2) is 4.98 Å². The number of aryl methyl sites for hydroxylation is 1. The number of pyridine rings is 1. The highest BCUT2D eigenvalue weighted by Gasteiger charge is 2.35. The zero-order valence-corrected chi connectivity index (χ0v) is 9.33. The van der Waals surface area contributed by atoms with Gasteiger partial charge in [0.1, 0.15) is 5.78 Å². The summed E-state index contributed by atoms with van der Waals surface area (Å²) in [6.45, 7) is 3.92. The van der Waals surface area contributed by atoms with Crippen molar-refractivity contribution in [1.29, 1.82) is 0 Å². The molecule has 80 valence electrons. The molecular weight excluding hydrogens is 190 g/mol. The maximum Gasteiger partial charge on any atom is 0.213 e. The van der Waals surface area contributed by atoms with Crippen LogP contribution in [0.15, 0.2) is 12.1 Å². The van der Waals surface area contributed by atoms with E-state index in [1.807, 2.05) is 26.0 Å². The number of methoxy groups -OCH3 is 1. The Bertz CT molecular complexity index is 410. The maximum absolute atomic E-state index is 11.8. The molecule has 2 rings (SSSR count). The second kappa shape index (κ2) is 3.33. The van der Waals surface area contributed by atoms with Gasteiger partial charge < -0.3 is 4.74 Å². The number of hydrogen-bond acceptors (Lipinski definition) is 3. The number of aromatic nitrogens is 1. The molecule has 0 radical (unpaired) electrons. The maximum atomic E-state index is 11.8. The number of hydrogen-bond donors (Lipinski definition) is 0. The first-order chi connectivity index (χ1) is 7.05. The number of carbonyl (C=O) groups is 1. The van der Waals surface area contributed by atoms with Crippen LogP contribution in [0, 0.1) is 0 Å². The third kappa shape index (κ3) is 1.52. The van der Waals surface area contributed by atoms with Crippen molar-refractivity contribution in [2.24, 2.45) is 0 Å². The molecule has 0 N–H and O–H groups in total. The minimum atomic E-state index is -0.396. The fraction of sp³-hybridized carbons (Fsp3) is 0.500. The normalized spacial score (nSPS) is 18.5. The van der Waals surface area contributed by atoms with Gasteiger partial charge in [0.05, 0.1) is 12.5 Å². The fourth-order valence-electron chi connectivity index (χ4n) is 2.05. The molecule has 3 nitrogen and oxygen atoms in total. The van der Waals surface area contributed by atoms with E-state index in [0.29, 0.717) is 18.1 Å². The van der Waals surface area contributed by atoms with Crippen molar-refractivity contribution in [2.45, 2.75) is 32.1 Å². The minimum absolute atomic E-state index is 0.293. The van der Waals surface area contributed by atoms with E-state index in [1.165, 1.54) is 0 Å². The molecule has 0 aromatic carbocycles. The molecule has 1 aliphatic rings. The first kappa shape index (κ1) is 10.1. The van der Waals surface area contributed by atoms with Gasteiger partial charge in [-0.05, 0) is 25.8 Å². The molecule has 15 heavy (non-hydrogen) atoms. The smallest absolute Gasteiger partial charge is 0.213 e. The van der Waals surface area contributed by atoms with Crippen molar-refractivity contribution in [2.75, 3.05) is 7.11 Å². The van der Waals surface area contributed by atoms with E-state index < -0.39 is 5.41 Å². The average Bonchev–Trinajstić information content (AvgIpc) is 2.23. The molecule has 0 spiro atoms. The lowest BCUT2D eigenvalue weighted by Gasteiger charge is -2.30. The van der Waals surface area contributed by atoms with E-state index in [9.17, 15) is 4.79 Å². The third-order valence-electron chi connectivity index (χ3n) is 3.12. The molecule has 0 aliphatic heterocycles. The van der Waals surface area contributed by atoms with Crippen LogP contribution in [0.2, 0.25) is 0 Å². The van der Waals surface area contributed by atoms with Gasteiger partial charge in [0.2, 0.25) is 5.88 Å². The summed E-state index contributed by atoms with van der Waals surface area (Å²) in [4.78, 5) is 16.2. The van der Waals surface area contributed by atoms with Crippen LogP contribution >= 0.6 is 0 Å². The standard InChI is InChI=1S/C12H15NO2/c1-12(2)8-4-7-11(15-3)13-9(8)5-6-10(12)14/h4,7H,5-6H2,1-3H3. The molecule has 3 heteroatoms. The molecule has 1 aliphatic carbocycles. The second-order valence-electron chi connectivity index (χ2n) is 4.40. The molecule has 0 saturated heterocycles. The highest BCUT2D eigenvalue weighted by molar-refractivity contribution is 5.91. The highest BCUT2D eigenvalue weighted by atomic mass is 16.5. The van der Waals surface area contributed by atoms with Crippen LogP contribution in [0.1, 0.15) is 31.5 Å². The van der Waals surface area contributed by atoms with Crippen molar-refractivity contribution < 1.29 is 9.53 Å². The molecule has 1 aromatic heterocycles. The molecule has 1 heterocycles. The lowest BCUT2D eigenvalue weighted by molar-refractivity contribution is -0.124. The van der Waals surface area contributed by atoms with Gasteiger partial charge in [0, 0.05) is 18.2 Å². The summed E-state index contributed by atoms with van der Waals surface area (Å²) in [5.41, 5.74) is 1.64. The quantitative estimate of drug-likeness (QED) is 0.702. The minimum Gasteiger partial charge on any atom is -0.481 e. The summed E-state index contributed by atoms with van der Waals surface area (Å²) in [6, 6.07) is 3.78. The largest absolute Gasteiger partial charge is 0.481 e. The Hall–Kier alpha value is -1.38. The number of ketones is 1. The predicted molar refractivity (Wildman–Crippen MR) is 57.1 cm³/mol. The number of fused-ring (bicyclic) bond motifs is 1. The summed E-state index contributed by atoms with van der Waals surface area (Å²) in [6.07, 6.45) is 1.31. The monoisotopic (exact) mass is 205 g/mol. The van der Waals surface area contributed by atoms with Crippen LogP contribution in [0.25, 0.3) is 0 Å². The van der Waals surface area contributed by atoms with Crippen molar-refractivity contribution in [3.05, 3.63) is 23.4 Å². The molecule has 0 fully saturated rings. The number of Topliss-reactive ketones (excluding diaryl/α,β-unsaturated/α-hetero) is 1. The van der Waals surface area contributed by atoms with E-state index in [-0.39, 0.29) is 0 Å². The van der Waals surface area contributed by atoms with E-state index >= 15 is 0 Å². The SMILES string of the molecule is COc1ccc2c(n1)CCC(=O)C2(C)C. The van der Waals surface area contributed by atoms with Gasteiger partial charge in [0.25, 0.3) is 0 Å². The topological polar surface area (TPSA) is 39.2 Å². The van der Waals surface area contributed by atoms with Crippen LogP contribution in [-0.4, -0.2) is 17.9 Å². The number of rotatable bonds is 1. The number of ether oxygens (including phenoxy) is 1. The Labute approximate surface area is 89.5 Å². The van der Waals surface area contributed by atoms with Crippen molar-refractivity contribution in [1.82, 2.24) is 4.98 Å². The molecular formula is C12H15NO2. The first-order valence-corrected chi connectivity index (χ1v) is 5.13. The van der Waals surface area contributed by atoms with Crippen molar-refractivity contribution >= 4 is 5.78 Å². The van der Waals surface area contributed by atoms with Crippen LogP contribution in [0.3, 0.4) is 0 Å². The van der Waals surface area contributed by atoms with Crippen LogP contribution < -0.4 is 4.74 Å². The average molecular weight is 205 g/mol. The van der Waals surface area contributed by atoms with Gasteiger partial charge in [-0.15, -0.1) is 0 Å². The van der Waals surface area contributed by atoms with Crippen LogP contribution in [0.4, 0.5) is 0 Å². The molecule has 0 amide bonds. The highest BCUT2D eigenvalue weighted by Crippen LogP contribution is 2.34. The molecule has 1 aromatic rings. The lowest BCUT2D eigenvalue weighted by atomic mass is 9.73. The number of nitrogens with zero attached hydrogens (tertiary/aromatic N) is 1. The van der Waals surface area contributed by atoms with Gasteiger partial charge in [-0.1, -0.05) is 6.07 Å². The summed E-state index contributed by atoms with van der Waals surface area (Å²) >= 11 is 0. The van der Waals surface area contributed by atoms with Crippen LogP contribution in [0.5, 0.6) is 5.88 Å². The second-order valence-corrected chi connectivity index (χ2v) is 4.40. The zero-order chi connectivity index (χ0) is 11.1. The Morgan fingerprint density at radius 1 is 1.33 bits per heavy atom. The van der Waals surface area contributed by atoms with Gasteiger partial charge in [-0.3, -0.25) is 4.79 Å². The molecule has 0 bridgehead atoms. The summed E-state index contributed by atoms with van der Waals surface area (Å²) < 4.78 is 5.08. The Morgan fingerprint density at radius 3 is 2.73 bits per heavy atom. The summed E-state index contributed by atoms with van der Waals surface area (Å²) in [5.74, 6) is 0.917. The summed E-state index contributed by atoms with van der Waals surface area (Å²) in [5, 5.41) is 0. The number of carbonyl (C=O) groups excluding carboxylic acids is 1. The third-order valence-corrected chi connectivity index (χ3v) is 3.12. The van der Waals surface area contributed by atoms with Crippen molar-refractivity contribution in [3.8, 4) is 5.88 Å². The van der Waals surface area contributed by atoms with Gasteiger partial charge in [0.15, 0.2) is 0 Å². The Kier molecular flexibility index (Phi) is 2.25. The zero-order valence-electron chi connectivity index (χ0n) is 9.33. The van der Waals surface area contributed by atoms with Gasteiger partial charge >= 0.3 is 0 Å². The molecule has 0 unspecified atom stereocenters. The van der Waals surface area contributed by atoms with Crippen molar-refractivity contribution in [3.63, 3.8) is 0 Å². The summed E-state index contributed by atoms with van der Waals surface area (Å²) in [7, 11) is 1.61. The van der Waals surface area contributed by atoms with E-state index in [1.54, 1.807) is 7.11 Å². The lowest BCUT2D eigenvalue weighted by Crippen LogP contribution is -2.34. The fourth-order valence-corrected chi connectivity index (χ4v) is 2.05. The van der Waals surface area contributed by atoms with Gasteiger partial charge in [-0.2, -0.15) is 0 Å². The molecule has 0 saturated carbocycles. The predicted octanol–water partition coefficient (Wildman–Crippen LogP) is 1.88. The van der Waals surface area contributed by atoms with E-state index in [2.05, 4.69) is 4.98 Å². The van der Waals surface area contributed by atoms with Crippen LogP contribution in [-0.2, 0) is 16.6 Å². The Morgan fingerprint density at radius 2 is 2.07 bits per heavy atom.